The smallest absolute Gasteiger partial charge is 0.316 e. The van der Waals surface area contributed by atoms with Crippen molar-refractivity contribution in [1.29, 1.82) is 0 Å². The van der Waals surface area contributed by atoms with E-state index in [4.69, 9.17) is 4.52 Å². The van der Waals surface area contributed by atoms with Crippen molar-refractivity contribution in [3.05, 3.63) is 36.0 Å². The number of rotatable bonds is 2. The summed E-state index contributed by atoms with van der Waals surface area (Å²) < 4.78 is 4.75. The molecular weight excluding hydrogens is 250 g/mol. The van der Waals surface area contributed by atoms with Crippen molar-refractivity contribution in [1.82, 2.24) is 5.16 Å². The highest BCUT2D eigenvalue weighted by atomic mass is 16.5. The lowest BCUT2D eigenvalue weighted by Crippen LogP contribution is -2.28. The number of anilines is 2. The lowest BCUT2D eigenvalue weighted by Gasteiger charge is -2.04. The topological polar surface area (TPSA) is 104 Å². The summed E-state index contributed by atoms with van der Waals surface area (Å²) in [7, 11) is 0. The standard InChI is InChI=1S/C12H11N3O4/c1-7-5-10(19-15-7)14-12(18)11(17)13-8-3-2-4-9(16)6-8/h2-6,16H,1H3,(H,13,17)(H,14,18). The van der Waals surface area contributed by atoms with Crippen LogP contribution in [0.25, 0.3) is 0 Å². The van der Waals surface area contributed by atoms with Crippen molar-refractivity contribution >= 4 is 23.4 Å². The van der Waals surface area contributed by atoms with Crippen LogP contribution in [0.1, 0.15) is 5.69 Å². The summed E-state index contributed by atoms with van der Waals surface area (Å²) in [5.74, 6) is -1.68. The lowest BCUT2D eigenvalue weighted by molar-refractivity contribution is -0.133. The van der Waals surface area contributed by atoms with E-state index >= 15 is 0 Å². The van der Waals surface area contributed by atoms with Crippen LogP contribution in [0.15, 0.2) is 34.9 Å². The second-order valence-corrected chi connectivity index (χ2v) is 3.79. The van der Waals surface area contributed by atoms with E-state index in [9.17, 15) is 14.7 Å². The summed E-state index contributed by atoms with van der Waals surface area (Å²) in [4.78, 5) is 23.1. The van der Waals surface area contributed by atoms with Crippen molar-refractivity contribution in [2.45, 2.75) is 6.92 Å². The Labute approximate surface area is 108 Å². The van der Waals surface area contributed by atoms with Crippen molar-refractivity contribution in [2.75, 3.05) is 10.6 Å². The second-order valence-electron chi connectivity index (χ2n) is 3.79. The van der Waals surface area contributed by atoms with Gasteiger partial charge in [0.25, 0.3) is 0 Å². The summed E-state index contributed by atoms with van der Waals surface area (Å²) in [6.45, 7) is 1.69. The van der Waals surface area contributed by atoms with Crippen molar-refractivity contribution in [2.24, 2.45) is 0 Å². The number of aryl methyl sites for hydroxylation is 1. The third-order valence-corrected chi connectivity index (χ3v) is 2.17. The van der Waals surface area contributed by atoms with Gasteiger partial charge in [0.1, 0.15) is 5.75 Å². The number of aromatic hydroxyl groups is 1. The minimum Gasteiger partial charge on any atom is -0.508 e. The van der Waals surface area contributed by atoms with Crippen LogP contribution in [0, 0.1) is 6.92 Å². The first-order valence-corrected chi connectivity index (χ1v) is 5.39. The molecule has 0 aliphatic rings. The predicted octanol–water partition coefficient (Wildman–Crippen LogP) is 1.27. The molecule has 19 heavy (non-hydrogen) atoms. The molecule has 1 aromatic carbocycles. The minimum absolute atomic E-state index is 0.0101. The zero-order valence-corrected chi connectivity index (χ0v) is 10.0. The van der Waals surface area contributed by atoms with Gasteiger partial charge in [-0.15, -0.1) is 0 Å². The Morgan fingerprint density at radius 3 is 2.58 bits per heavy atom. The molecule has 0 aliphatic carbocycles. The molecule has 0 fully saturated rings. The number of hydrogen-bond acceptors (Lipinski definition) is 5. The van der Waals surface area contributed by atoms with Gasteiger partial charge in [-0.25, -0.2) is 0 Å². The van der Waals surface area contributed by atoms with Gasteiger partial charge in [0.2, 0.25) is 5.88 Å². The maximum absolute atomic E-state index is 11.6. The number of amides is 2. The van der Waals surface area contributed by atoms with Crippen molar-refractivity contribution < 1.29 is 19.2 Å². The molecule has 0 saturated carbocycles. The first-order chi connectivity index (χ1) is 9.04. The molecule has 0 radical (unpaired) electrons. The lowest BCUT2D eigenvalue weighted by atomic mass is 10.3. The minimum atomic E-state index is -0.889. The third-order valence-electron chi connectivity index (χ3n) is 2.17. The Bertz CT molecular complexity index is 621. The van der Waals surface area contributed by atoms with Crippen LogP contribution in [0.5, 0.6) is 5.75 Å². The number of nitrogens with zero attached hydrogens (tertiary/aromatic N) is 1. The van der Waals surface area contributed by atoms with Crippen LogP contribution < -0.4 is 10.6 Å². The summed E-state index contributed by atoms with van der Waals surface area (Å²) >= 11 is 0. The van der Waals surface area contributed by atoms with Gasteiger partial charge < -0.3 is 14.9 Å². The van der Waals surface area contributed by atoms with E-state index in [2.05, 4.69) is 15.8 Å². The van der Waals surface area contributed by atoms with E-state index in [1.807, 2.05) is 0 Å². The van der Waals surface area contributed by atoms with Crippen molar-refractivity contribution in [3.8, 4) is 5.75 Å². The van der Waals surface area contributed by atoms with Crippen LogP contribution >= 0.6 is 0 Å². The monoisotopic (exact) mass is 261 g/mol. The molecule has 0 aliphatic heterocycles. The van der Waals surface area contributed by atoms with Crippen LogP contribution in [0.3, 0.4) is 0 Å². The molecule has 0 atom stereocenters. The van der Waals surface area contributed by atoms with Gasteiger partial charge in [0, 0.05) is 17.8 Å². The number of carbonyl (C=O) groups excluding carboxylic acids is 2. The van der Waals surface area contributed by atoms with E-state index in [0.29, 0.717) is 11.4 Å². The maximum atomic E-state index is 11.6. The summed E-state index contributed by atoms with van der Waals surface area (Å²) in [5, 5.41) is 17.4. The van der Waals surface area contributed by atoms with Crippen molar-refractivity contribution in [3.63, 3.8) is 0 Å². The average Bonchev–Trinajstić information content (AvgIpc) is 2.74. The average molecular weight is 261 g/mol. The molecule has 98 valence electrons. The normalized spacial score (nSPS) is 9.95. The fraction of sp³-hybridized carbons (Fsp3) is 0.0833. The molecule has 7 nitrogen and oxygen atoms in total. The molecule has 2 amide bonds. The Kier molecular flexibility index (Phi) is 3.46. The fourth-order valence-electron chi connectivity index (χ4n) is 1.36. The number of nitrogens with one attached hydrogen (secondary N) is 2. The van der Waals surface area contributed by atoms with Crippen LogP contribution in [0.2, 0.25) is 0 Å². The van der Waals surface area contributed by atoms with Gasteiger partial charge in [-0.05, 0) is 19.1 Å². The number of hydrogen-bond donors (Lipinski definition) is 3. The highest BCUT2D eigenvalue weighted by Crippen LogP contribution is 2.15. The molecule has 3 N–H and O–H groups in total. The van der Waals surface area contributed by atoms with E-state index in [1.54, 1.807) is 19.1 Å². The molecule has 1 aromatic heterocycles. The van der Waals surface area contributed by atoms with Gasteiger partial charge in [0.15, 0.2) is 0 Å². The largest absolute Gasteiger partial charge is 0.508 e. The third kappa shape index (κ3) is 3.32. The number of carbonyl (C=O) groups is 2. The molecular formula is C12H11N3O4. The number of phenolic OH excluding ortho intramolecular Hbond substituents is 1. The zero-order valence-electron chi connectivity index (χ0n) is 10.0. The van der Waals surface area contributed by atoms with Crippen LogP contribution in [-0.4, -0.2) is 22.1 Å². The molecule has 2 rings (SSSR count). The van der Waals surface area contributed by atoms with E-state index < -0.39 is 11.8 Å². The quantitative estimate of drug-likeness (QED) is 0.706. The molecule has 0 unspecified atom stereocenters. The Morgan fingerprint density at radius 2 is 1.95 bits per heavy atom. The Hall–Kier alpha value is -2.83. The summed E-state index contributed by atoms with van der Waals surface area (Å²) in [5.41, 5.74) is 0.901. The van der Waals surface area contributed by atoms with E-state index in [-0.39, 0.29) is 11.6 Å². The molecule has 0 saturated heterocycles. The molecule has 7 heteroatoms. The highest BCUT2D eigenvalue weighted by molar-refractivity contribution is 6.43. The SMILES string of the molecule is Cc1cc(NC(=O)C(=O)Nc2cccc(O)c2)on1. The molecule has 2 aromatic rings. The predicted molar refractivity (Wildman–Crippen MR) is 66.6 cm³/mol. The fourth-order valence-corrected chi connectivity index (χ4v) is 1.36. The summed E-state index contributed by atoms with van der Waals surface area (Å²) in [6, 6.07) is 7.35. The first kappa shape index (κ1) is 12.6. The second kappa shape index (κ2) is 5.21. The van der Waals surface area contributed by atoms with Gasteiger partial charge in [0.05, 0.1) is 5.69 Å². The maximum Gasteiger partial charge on any atom is 0.316 e. The van der Waals surface area contributed by atoms with Gasteiger partial charge in [-0.2, -0.15) is 0 Å². The van der Waals surface area contributed by atoms with Crippen LogP contribution in [0.4, 0.5) is 11.6 Å². The van der Waals surface area contributed by atoms with E-state index in [1.165, 1.54) is 18.2 Å². The Balaban J connectivity index is 1.98. The first-order valence-electron chi connectivity index (χ1n) is 5.39. The molecule has 0 bridgehead atoms. The van der Waals surface area contributed by atoms with Gasteiger partial charge in [-0.3, -0.25) is 14.9 Å². The summed E-state index contributed by atoms with van der Waals surface area (Å²) in [6.07, 6.45) is 0. The number of aromatic nitrogens is 1. The molecule has 0 spiro atoms. The molecule has 1 heterocycles. The van der Waals surface area contributed by atoms with E-state index in [0.717, 1.165) is 0 Å². The number of phenols is 1. The van der Waals surface area contributed by atoms with Gasteiger partial charge in [-0.1, -0.05) is 11.2 Å². The number of benzene rings is 1. The Morgan fingerprint density at radius 1 is 1.21 bits per heavy atom. The zero-order chi connectivity index (χ0) is 13.8. The van der Waals surface area contributed by atoms with Gasteiger partial charge >= 0.3 is 11.8 Å². The highest BCUT2D eigenvalue weighted by Gasteiger charge is 2.16. The van der Waals surface area contributed by atoms with Crippen LogP contribution in [-0.2, 0) is 9.59 Å².